The van der Waals surface area contributed by atoms with Crippen molar-refractivity contribution in [2.75, 3.05) is 13.1 Å². The van der Waals surface area contributed by atoms with Gasteiger partial charge in [-0.2, -0.15) is 0 Å². The maximum absolute atomic E-state index is 14.4. The van der Waals surface area contributed by atoms with E-state index >= 15 is 0 Å². The number of hydrogen-bond donors (Lipinski definition) is 1. The molecule has 1 fully saturated rings. The molecule has 0 spiro atoms. The lowest BCUT2D eigenvalue weighted by molar-refractivity contribution is 0.198. The molecular formula is C24H23FN4. The second-order valence-corrected chi connectivity index (χ2v) is 7.74. The Kier molecular flexibility index (Phi) is 4.82. The second-order valence-electron chi connectivity index (χ2n) is 7.74. The number of nitrogens with zero attached hydrogens (tertiary/aromatic N) is 3. The van der Waals surface area contributed by atoms with Crippen molar-refractivity contribution >= 4 is 10.9 Å². The van der Waals surface area contributed by atoms with Crippen molar-refractivity contribution in [3.05, 3.63) is 84.2 Å². The molecule has 0 bridgehead atoms. The Bertz CT molecular complexity index is 1140. The molecule has 5 rings (SSSR count). The van der Waals surface area contributed by atoms with Gasteiger partial charge in [0.2, 0.25) is 0 Å². The van der Waals surface area contributed by atoms with E-state index in [2.05, 4.69) is 44.1 Å². The van der Waals surface area contributed by atoms with Crippen LogP contribution in [0.15, 0.2) is 67.1 Å². The Morgan fingerprint density at radius 2 is 1.97 bits per heavy atom. The molecule has 1 aliphatic heterocycles. The lowest BCUT2D eigenvalue weighted by Crippen LogP contribution is -2.34. The zero-order chi connectivity index (χ0) is 19.6. The average molecular weight is 386 g/mol. The van der Waals surface area contributed by atoms with Crippen LogP contribution in [0.4, 0.5) is 4.39 Å². The van der Waals surface area contributed by atoms with E-state index in [1.807, 2.05) is 12.3 Å². The van der Waals surface area contributed by atoms with Gasteiger partial charge >= 0.3 is 0 Å². The maximum Gasteiger partial charge on any atom is 0.132 e. The summed E-state index contributed by atoms with van der Waals surface area (Å²) in [4.78, 5) is 14.9. The third-order valence-corrected chi connectivity index (χ3v) is 5.77. The highest BCUT2D eigenvalue weighted by molar-refractivity contribution is 5.79. The van der Waals surface area contributed by atoms with Gasteiger partial charge in [-0.25, -0.2) is 4.39 Å². The number of aromatic amines is 1. The first kappa shape index (κ1) is 18.0. The van der Waals surface area contributed by atoms with E-state index < -0.39 is 0 Å². The fourth-order valence-electron chi connectivity index (χ4n) is 4.39. The standard InChI is InChI=1S/C24H23FN4/c25-21-6-2-1-5-20(21)24-23(27-11-12-28-24)19-4-3-13-29(16-19)15-17-7-8-22-18(14-17)9-10-26-22/h1-2,5-12,14,19,26H,3-4,13,15-16H2/t19-/m1/s1. The first-order chi connectivity index (χ1) is 14.3. The van der Waals surface area contributed by atoms with Gasteiger partial charge in [-0.15, -0.1) is 0 Å². The molecule has 4 nitrogen and oxygen atoms in total. The number of piperidine rings is 1. The van der Waals surface area contributed by atoms with Gasteiger partial charge in [-0.3, -0.25) is 14.9 Å². The molecule has 3 heterocycles. The highest BCUT2D eigenvalue weighted by atomic mass is 19.1. The van der Waals surface area contributed by atoms with Crippen molar-refractivity contribution in [1.29, 1.82) is 0 Å². The molecule has 0 unspecified atom stereocenters. The SMILES string of the molecule is Fc1ccccc1-c1nccnc1[C@@H]1CCCN(Cc2ccc3[nH]ccc3c2)C1. The topological polar surface area (TPSA) is 44.8 Å². The van der Waals surface area contributed by atoms with Gasteiger partial charge in [0.25, 0.3) is 0 Å². The smallest absolute Gasteiger partial charge is 0.132 e. The highest BCUT2D eigenvalue weighted by Gasteiger charge is 2.26. The first-order valence-corrected chi connectivity index (χ1v) is 10.1. The van der Waals surface area contributed by atoms with Crippen molar-refractivity contribution in [2.45, 2.75) is 25.3 Å². The van der Waals surface area contributed by atoms with E-state index in [0.717, 1.165) is 38.2 Å². The summed E-state index contributed by atoms with van der Waals surface area (Å²) < 4.78 is 14.4. The van der Waals surface area contributed by atoms with E-state index in [0.29, 0.717) is 11.3 Å². The lowest BCUT2D eigenvalue weighted by atomic mass is 9.91. The predicted octanol–water partition coefficient (Wildman–Crippen LogP) is 5.14. The fraction of sp³-hybridized carbons (Fsp3) is 0.250. The molecule has 2 aromatic carbocycles. The lowest BCUT2D eigenvalue weighted by Gasteiger charge is -2.33. The molecule has 1 saturated heterocycles. The van der Waals surface area contributed by atoms with Crippen molar-refractivity contribution in [3.63, 3.8) is 0 Å². The molecule has 0 radical (unpaired) electrons. The number of aromatic nitrogens is 3. The van der Waals surface area contributed by atoms with Crippen molar-refractivity contribution in [1.82, 2.24) is 19.9 Å². The van der Waals surface area contributed by atoms with Gasteiger partial charge < -0.3 is 4.98 Å². The van der Waals surface area contributed by atoms with Crippen LogP contribution in [0.25, 0.3) is 22.2 Å². The summed E-state index contributed by atoms with van der Waals surface area (Å²) in [5.74, 6) is 0.00441. The Morgan fingerprint density at radius 3 is 2.90 bits per heavy atom. The van der Waals surface area contributed by atoms with Crippen LogP contribution in [0.5, 0.6) is 0 Å². The van der Waals surface area contributed by atoms with Crippen LogP contribution in [0.1, 0.15) is 30.0 Å². The molecule has 1 atom stereocenters. The minimum absolute atomic E-state index is 0.248. The molecule has 5 heteroatoms. The Balaban J connectivity index is 1.39. The van der Waals surface area contributed by atoms with Crippen LogP contribution in [0.3, 0.4) is 0 Å². The van der Waals surface area contributed by atoms with Crippen molar-refractivity contribution < 1.29 is 4.39 Å². The molecule has 146 valence electrons. The van der Waals surface area contributed by atoms with Crippen LogP contribution in [0.2, 0.25) is 0 Å². The van der Waals surface area contributed by atoms with Crippen LogP contribution in [0, 0.1) is 5.82 Å². The molecule has 2 aromatic heterocycles. The fourth-order valence-corrected chi connectivity index (χ4v) is 4.39. The largest absolute Gasteiger partial charge is 0.361 e. The zero-order valence-electron chi connectivity index (χ0n) is 16.2. The summed E-state index contributed by atoms with van der Waals surface area (Å²) in [5, 5.41) is 1.24. The number of H-pyrrole nitrogens is 1. The molecule has 1 aliphatic rings. The molecule has 0 saturated carbocycles. The summed E-state index contributed by atoms with van der Waals surface area (Å²) in [5.41, 5.74) is 4.59. The van der Waals surface area contributed by atoms with Crippen LogP contribution in [-0.2, 0) is 6.54 Å². The second kappa shape index (κ2) is 7.76. The van der Waals surface area contributed by atoms with E-state index in [4.69, 9.17) is 0 Å². The van der Waals surface area contributed by atoms with E-state index in [1.165, 1.54) is 22.5 Å². The zero-order valence-corrected chi connectivity index (χ0v) is 16.2. The third-order valence-electron chi connectivity index (χ3n) is 5.77. The average Bonchev–Trinajstić information content (AvgIpc) is 3.22. The highest BCUT2D eigenvalue weighted by Crippen LogP contribution is 2.33. The predicted molar refractivity (Wildman–Crippen MR) is 113 cm³/mol. The Morgan fingerprint density at radius 1 is 1.07 bits per heavy atom. The third kappa shape index (κ3) is 3.66. The number of fused-ring (bicyclic) bond motifs is 1. The normalized spacial score (nSPS) is 17.6. The van der Waals surface area contributed by atoms with Crippen LogP contribution >= 0.6 is 0 Å². The number of nitrogens with one attached hydrogen (secondary N) is 1. The van der Waals surface area contributed by atoms with Gasteiger partial charge in [0.05, 0.1) is 11.4 Å². The van der Waals surface area contributed by atoms with E-state index in [9.17, 15) is 4.39 Å². The number of rotatable bonds is 4. The molecular weight excluding hydrogens is 363 g/mol. The molecule has 0 aliphatic carbocycles. The van der Waals surface area contributed by atoms with E-state index in [1.54, 1.807) is 24.5 Å². The molecule has 0 amide bonds. The van der Waals surface area contributed by atoms with E-state index in [-0.39, 0.29) is 11.7 Å². The maximum atomic E-state index is 14.4. The summed E-state index contributed by atoms with van der Waals surface area (Å²) in [7, 11) is 0. The van der Waals surface area contributed by atoms with Gasteiger partial charge in [0, 0.05) is 48.7 Å². The number of halogens is 1. The van der Waals surface area contributed by atoms with Crippen LogP contribution < -0.4 is 0 Å². The first-order valence-electron chi connectivity index (χ1n) is 10.1. The van der Waals surface area contributed by atoms with Crippen LogP contribution in [-0.4, -0.2) is 32.9 Å². The summed E-state index contributed by atoms with van der Waals surface area (Å²) >= 11 is 0. The van der Waals surface area contributed by atoms with Gasteiger partial charge in [-0.05, 0) is 60.7 Å². The molecule has 29 heavy (non-hydrogen) atoms. The summed E-state index contributed by atoms with van der Waals surface area (Å²) in [6, 6.07) is 15.5. The number of likely N-dealkylation sites (tertiary alicyclic amines) is 1. The van der Waals surface area contributed by atoms with Gasteiger partial charge in [-0.1, -0.05) is 18.2 Å². The molecule has 1 N–H and O–H groups in total. The minimum Gasteiger partial charge on any atom is -0.361 e. The Hall–Kier alpha value is -3.05. The summed E-state index contributed by atoms with van der Waals surface area (Å²) in [6.07, 6.45) is 7.50. The number of hydrogen-bond acceptors (Lipinski definition) is 3. The number of benzene rings is 2. The van der Waals surface area contributed by atoms with Gasteiger partial charge in [0.1, 0.15) is 5.82 Å². The van der Waals surface area contributed by atoms with Crippen molar-refractivity contribution in [2.24, 2.45) is 0 Å². The monoisotopic (exact) mass is 386 g/mol. The van der Waals surface area contributed by atoms with Crippen molar-refractivity contribution in [3.8, 4) is 11.3 Å². The minimum atomic E-state index is -0.248. The summed E-state index contributed by atoms with van der Waals surface area (Å²) in [6.45, 7) is 2.88. The Labute approximate surface area is 169 Å². The quantitative estimate of drug-likeness (QED) is 0.528. The molecule has 4 aromatic rings. The van der Waals surface area contributed by atoms with Gasteiger partial charge in [0.15, 0.2) is 0 Å².